The number of para-hydroxylation sites is 1. The number of ether oxygens (including phenoxy) is 1. The first-order valence-electron chi connectivity index (χ1n) is 7.33. The Morgan fingerprint density at radius 1 is 1.12 bits per heavy atom. The molecule has 0 aromatic heterocycles. The molecule has 0 saturated heterocycles. The Bertz CT molecular complexity index is 877. The molecule has 126 valence electrons. The average Bonchev–Trinajstić information content (AvgIpc) is 2.90. The van der Waals surface area contributed by atoms with E-state index in [1.54, 1.807) is 19.2 Å². The highest BCUT2D eigenvalue weighted by Crippen LogP contribution is 2.37. The maximum Gasteiger partial charge on any atom is 0.229 e. The first-order chi connectivity index (χ1) is 11.5. The van der Waals surface area contributed by atoms with E-state index in [0.29, 0.717) is 23.6 Å². The second kappa shape index (κ2) is 6.54. The third-order valence-electron chi connectivity index (χ3n) is 3.50. The van der Waals surface area contributed by atoms with Gasteiger partial charge in [-0.3, -0.25) is 15.0 Å². The van der Waals surface area contributed by atoms with Gasteiger partial charge in [0.1, 0.15) is 5.75 Å². The van der Waals surface area contributed by atoms with E-state index in [0.717, 1.165) is 23.1 Å². The number of rotatable bonds is 6. The fraction of sp³-hybridized carbons (Fsp3) is 0.176. The third kappa shape index (κ3) is 3.69. The van der Waals surface area contributed by atoms with Crippen LogP contribution in [0.2, 0.25) is 0 Å². The van der Waals surface area contributed by atoms with E-state index in [2.05, 4.69) is 10.2 Å². The van der Waals surface area contributed by atoms with Crippen molar-refractivity contribution in [3.05, 3.63) is 59.7 Å². The number of allylic oxidation sites excluding steroid dienone is 1. The van der Waals surface area contributed by atoms with Crippen LogP contribution >= 0.6 is 0 Å². The van der Waals surface area contributed by atoms with Crippen LogP contribution in [-0.4, -0.2) is 21.8 Å². The summed E-state index contributed by atoms with van der Waals surface area (Å²) in [6.07, 6.45) is 3.78. The minimum atomic E-state index is -3.42. The van der Waals surface area contributed by atoms with Gasteiger partial charge in [0.15, 0.2) is 5.75 Å². The first-order valence-corrected chi connectivity index (χ1v) is 9.22. The van der Waals surface area contributed by atoms with Gasteiger partial charge in [0.05, 0.1) is 24.7 Å². The summed E-state index contributed by atoms with van der Waals surface area (Å²) in [6, 6.07) is 12.8. The van der Waals surface area contributed by atoms with Crippen molar-refractivity contribution < 1.29 is 18.0 Å². The summed E-state index contributed by atoms with van der Waals surface area (Å²) in [4.78, 5) is 4.98. The predicted octanol–water partition coefficient (Wildman–Crippen LogP) is 2.90. The van der Waals surface area contributed by atoms with Gasteiger partial charge in [-0.2, -0.15) is 0 Å². The normalized spacial score (nSPS) is 13.2. The topological polar surface area (TPSA) is 76.7 Å². The van der Waals surface area contributed by atoms with Gasteiger partial charge in [-0.15, -0.1) is 0 Å². The number of hydroxylamine groups is 1. The van der Waals surface area contributed by atoms with E-state index >= 15 is 0 Å². The van der Waals surface area contributed by atoms with E-state index < -0.39 is 10.0 Å². The lowest BCUT2D eigenvalue weighted by Crippen LogP contribution is -2.12. The van der Waals surface area contributed by atoms with Gasteiger partial charge in [-0.25, -0.2) is 8.42 Å². The molecule has 1 aliphatic rings. The molecule has 2 aromatic carbocycles. The van der Waals surface area contributed by atoms with Crippen LogP contribution in [0.15, 0.2) is 48.5 Å². The highest BCUT2D eigenvalue weighted by Gasteiger charge is 2.20. The maximum absolute atomic E-state index is 11.7. The minimum Gasteiger partial charge on any atom is -0.455 e. The predicted molar refractivity (Wildman–Crippen MR) is 93.3 cm³/mol. The van der Waals surface area contributed by atoms with Crippen molar-refractivity contribution in [1.82, 2.24) is 5.48 Å². The molecule has 0 heterocycles. The second-order valence-electron chi connectivity index (χ2n) is 5.42. The molecule has 1 aliphatic carbocycles. The molecule has 0 saturated carbocycles. The molecule has 6 nitrogen and oxygen atoms in total. The molecule has 0 aliphatic heterocycles. The Kier molecular flexibility index (Phi) is 4.46. The van der Waals surface area contributed by atoms with Gasteiger partial charge in [-0.05, 0) is 36.2 Å². The lowest BCUT2D eigenvalue weighted by atomic mass is 10.1. The third-order valence-corrected chi connectivity index (χ3v) is 4.09. The summed E-state index contributed by atoms with van der Waals surface area (Å²) < 4.78 is 31.7. The Labute approximate surface area is 141 Å². The Hall–Kier alpha value is -2.51. The number of fused-ring (bicyclic) bond motifs is 1. The Balaban J connectivity index is 2.03. The average molecular weight is 346 g/mol. The van der Waals surface area contributed by atoms with Crippen LogP contribution in [0.5, 0.6) is 11.5 Å². The van der Waals surface area contributed by atoms with Gasteiger partial charge < -0.3 is 4.74 Å². The molecule has 0 bridgehead atoms. The van der Waals surface area contributed by atoms with E-state index in [9.17, 15) is 8.42 Å². The van der Waals surface area contributed by atoms with E-state index in [-0.39, 0.29) is 0 Å². The Morgan fingerprint density at radius 3 is 2.54 bits per heavy atom. The number of benzene rings is 2. The van der Waals surface area contributed by atoms with Crippen molar-refractivity contribution in [3.63, 3.8) is 0 Å². The first kappa shape index (κ1) is 16.4. The van der Waals surface area contributed by atoms with Crippen LogP contribution in [0.3, 0.4) is 0 Å². The number of anilines is 1. The van der Waals surface area contributed by atoms with E-state index in [1.165, 1.54) is 0 Å². The molecule has 2 aromatic rings. The lowest BCUT2D eigenvalue weighted by Gasteiger charge is -2.16. The molecule has 0 atom stereocenters. The molecule has 0 radical (unpaired) electrons. The summed E-state index contributed by atoms with van der Waals surface area (Å²) in [7, 11) is -1.88. The fourth-order valence-electron chi connectivity index (χ4n) is 2.55. The van der Waals surface area contributed by atoms with Crippen LogP contribution < -0.4 is 14.9 Å². The van der Waals surface area contributed by atoms with Gasteiger partial charge in [0.2, 0.25) is 10.0 Å². The standard InChI is InChI=1S/C17H18N2O4S/c1-22-18-15-9-8-12-10-16(19-24(2,20)21)17(11-14(12)15)23-13-6-4-3-5-7-13/h3-7,9-11,18-19H,8H2,1-2H3. The molecule has 0 unspecified atom stereocenters. The van der Waals surface area contributed by atoms with Crippen LogP contribution in [0.4, 0.5) is 5.69 Å². The van der Waals surface area contributed by atoms with Gasteiger partial charge >= 0.3 is 0 Å². The van der Waals surface area contributed by atoms with Crippen molar-refractivity contribution in [2.75, 3.05) is 18.1 Å². The summed E-state index contributed by atoms with van der Waals surface area (Å²) in [5.74, 6) is 1.05. The molecule has 0 amide bonds. The number of sulfonamides is 1. The zero-order chi connectivity index (χ0) is 17.2. The van der Waals surface area contributed by atoms with E-state index in [4.69, 9.17) is 9.57 Å². The molecule has 24 heavy (non-hydrogen) atoms. The van der Waals surface area contributed by atoms with Crippen molar-refractivity contribution in [2.24, 2.45) is 0 Å². The molecular formula is C17H18N2O4S. The molecule has 0 spiro atoms. The highest BCUT2D eigenvalue weighted by atomic mass is 32.2. The van der Waals surface area contributed by atoms with Crippen LogP contribution in [0.1, 0.15) is 11.1 Å². The van der Waals surface area contributed by atoms with Gasteiger partial charge in [-0.1, -0.05) is 24.3 Å². The monoisotopic (exact) mass is 346 g/mol. The maximum atomic E-state index is 11.7. The zero-order valence-corrected chi connectivity index (χ0v) is 14.2. The fourth-order valence-corrected chi connectivity index (χ4v) is 3.11. The largest absolute Gasteiger partial charge is 0.455 e. The zero-order valence-electron chi connectivity index (χ0n) is 13.4. The van der Waals surface area contributed by atoms with Crippen LogP contribution in [0, 0.1) is 0 Å². The summed E-state index contributed by atoms with van der Waals surface area (Å²) in [6.45, 7) is 0. The summed E-state index contributed by atoms with van der Waals surface area (Å²) in [5.41, 5.74) is 5.97. The van der Waals surface area contributed by atoms with Crippen molar-refractivity contribution in [3.8, 4) is 11.5 Å². The van der Waals surface area contributed by atoms with Crippen molar-refractivity contribution >= 4 is 21.4 Å². The lowest BCUT2D eigenvalue weighted by molar-refractivity contribution is 0.137. The van der Waals surface area contributed by atoms with E-state index in [1.807, 2.05) is 36.4 Å². The molecule has 7 heteroatoms. The van der Waals surface area contributed by atoms with Crippen molar-refractivity contribution in [1.29, 1.82) is 0 Å². The molecule has 3 rings (SSSR count). The smallest absolute Gasteiger partial charge is 0.229 e. The summed E-state index contributed by atoms with van der Waals surface area (Å²) >= 11 is 0. The SMILES string of the molecule is CONC1=CCc2cc(NS(C)(=O)=O)c(Oc3ccccc3)cc21. The van der Waals surface area contributed by atoms with Gasteiger partial charge in [0.25, 0.3) is 0 Å². The molecular weight excluding hydrogens is 328 g/mol. The Morgan fingerprint density at radius 2 is 1.88 bits per heavy atom. The number of nitrogens with one attached hydrogen (secondary N) is 2. The van der Waals surface area contributed by atoms with Crippen molar-refractivity contribution in [2.45, 2.75) is 6.42 Å². The van der Waals surface area contributed by atoms with Crippen LogP contribution in [0.25, 0.3) is 5.70 Å². The quantitative estimate of drug-likeness (QED) is 0.787. The minimum absolute atomic E-state index is 0.409. The molecule has 2 N–H and O–H groups in total. The highest BCUT2D eigenvalue weighted by molar-refractivity contribution is 7.92. The number of hydrogen-bond donors (Lipinski definition) is 2. The number of hydrogen-bond acceptors (Lipinski definition) is 5. The second-order valence-corrected chi connectivity index (χ2v) is 7.17. The molecule has 0 fully saturated rings. The summed E-state index contributed by atoms with van der Waals surface area (Å²) in [5, 5.41) is 0. The van der Waals surface area contributed by atoms with Gasteiger partial charge in [0, 0.05) is 5.56 Å². The van der Waals surface area contributed by atoms with Crippen LogP contribution in [-0.2, 0) is 21.3 Å².